The molecule has 1 fully saturated rings. The van der Waals surface area contributed by atoms with Gasteiger partial charge < -0.3 is 5.32 Å². The minimum absolute atomic E-state index is 0.209. The van der Waals surface area contributed by atoms with Crippen LogP contribution < -0.4 is 5.32 Å². The molecule has 0 aromatic carbocycles. The van der Waals surface area contributed by atoms with Crippen molar-refractivity contribution in [2.45, 2.75) is 44.6 Å². The molecule has 2 nitrogen and oxygen atoms in total. The molecular weight excluding hydrogens is 192 g/mol. The van der Waals surface area contributed by atoms with Gasteiger partial charge in [0.15, 0.2) is 0 Å². The lowest BCUT2D eigenvalue weighted by atomic mass is 9.82. The van der Waals surface area contributed by atoms with Gasteiger partial charge >= 0.3 is 0 Å². The third-order valence-corrected chi connectivity index (χ3v) is 4.04. The number of rotatable bonds is 3. The molecule has 0 amide bonds. The molecule has 0 bridgehead atoms. The van der Waals surface area contributed by atoms with Crippen LogP contribution in [0.2, 0.25) is 0 Å². The SMILES string of the molecule is CCNC1(c2nccs2)CCCCC1. The Morgan fingerprint density at radius 2 is 2.21 bits per heavy atom. The van der Waals surface area contributed by atoms with E-state index in [1.165, 1.54) is 37.1 Å². The standard InChI is InChI=1S/C11H18N2S/c1-2-13-11(6-4-3-5-7-11)10-12-8-9-14-10/h8-9,13H,2-7H2,1H3. The predicted molar refractivity (Wildman–Crippen MR) is 60.6 cm³/mol. The molecule has 0 spiro atoms. The van der Waals surface area contributed by atoms with Gasteiger partial charge in [-0.3, -0.25) is 0 Å². The first-order chi connectivity index (χ1) is 6.87. The van der Waals surface area contributed by atoms with Crippen LogP contribution in [-0.2, 0) is 5.54 Å². The Morgan fingerprint density at radius 1 is 1.43 bits per heavy atom. The number of nitrogens with zero attached hydrogens (tertiary/aromatic N) is 1. The molecular formula is C11H18N2S. The van der Waals surface area contributed by atoms with Crippen LogP contribution in [0.5, 0.6) is 0 Å². The normalized spacial score (nSPS) is 20.9. The predicted octanol–water partition coefficient (Wildman–Crippen LogP) is 2.91. The highest BCUT2D eigenvalue weighted by Crippen LogP contribution is 2.37. The van der Waals surface area contributed by atoms with Gasteiger partial charge in [-0.15, -0.1) is 11.3 Å². The zero-order chi connectivity index (χ0) is 9.86. The van der Waals surface area contributed by atoms with Gasteiger partial charge in [-0.2, -0.15) is 0 Å². The van der Waals surface area contributed by atoms with E-state index in [-0.39, 0.29) is 5.54 Å². The molecule has 78 valence electrons. The van der Waals surface area contributed by atoms with Crippen molar-refractivity contribution >= 4 is 11.3 Å². The zero-order valence-corrected chi connectivity index (χ0v) is 9.57. The van der Waals surface area contributed by atoms with E-state index in [1.807, 2.05) is 6.20 Å². The monoisotopic (exact) mass is 210 g/mol. The van der Waals surface area contributed by atoms with Gasteiger partial charge in [-0.25, -0.2) is 4.98 Å². The Hall–Kier alpha value is -0.410. The van der Waals surface area contributed by atoms with E-state index in [9.17, 15) is 0 Å². The van der Waals surface area contributed by atoms with E-state index in [0.717, 1.165) is 6.54 Å². The second kappa shape index (κ2) is 4.41. The van der Waals surface area contributed by atoms with Crippen molar-refractivity contribution in [1.29, 1.82) is 0 Å². The van der Waals surface area contributed by atoms with Crippen molar-refractivity contribution in [3.8, 4) is 0 Å². The first-order valence-electron chi connectivity index (χ1n) is 5.52. The molecule has 3 heteroatoms. The highest BCUT2D eigenvalue weighted by molar-refractivity contribution is 7.09. The fourth-order valence-electron chi connectivity index (χ4n) is 2.42. The first kappa shape index (κ1) is 10.1. The Morgan fingerprint density at radius 3 is 2.79 bits per heavy atom. The fraction of sp³-hybridized carbons (Fsp3) is 0.727. The topological polar surface area (TPSA) is 24.9 Å². The highest BCUT2D eigenvalue weighted by atomic mass is 32.1. The average Bonchev–Trinajstić information content (AvgIpc) is 2.73. The lowest BCUT2D eigenvalue weighted by molar-refractivity contribution is 0.237. The zero-order valence-electron chi connectivity index (χ0n) is 8.75. The molecule has 1 aliphatic carbocycles. The molecule has 0 aliphatic heterocycles. The molecule has 0 unspecified atom stereocenters. The maximum atomic E-state index is 4.49. The van der Waals surface area contributed by atoms with E-state index < -0.39 is 0 Å². The number of aromatic nitrogens is 1. The quantitative estimate of drug-likeness (QED) is 0.829. The van der Waals surface area contributed by atoms with Gasteiger partial charge in [-0.05, 0) is 19.4 Å². The Balaban J connectivity index is 2.20. The van der Waals surface area contributed by atoms with Crippen LogP contribution >= 0.6 is 11.3 Å². The molecule has 0 radical (unpaired) electrons. The summed E-state index contributed by atoms with van der Waals surface area (Å²) in [6.45, 7) is 3.23. The summed E-state index contributed by atoms with van der Waals surface area (Å²) in [5.41, 5.74) is 0.209. The summed E-state index contributed by atoms with van der Waals surface area (Å²) in [5, 5.41) is 7.03. The molecule has 1 saturated carbocycles. The third-order valence-electron chi connectivity index (χ3n) is 3.06. The van der Waals surface area contributed by atoms with Crippen molar-refractivity contribution in [3.05, 3.63) is 16.6 Å². The van der Waals surface area contributed by atoms with Crippen molar-refractivity contribution < 1.29 is 0 Å². The highest BCUT2D eigenvalue weighted by Gasteiger charge is 2.34. The molecule has 1 heterocycles. The number of nitrogens with one attached hydrogen (secondary N) is 1. The van der Waals surface area contributed by atoms with Crippen molar-refractivity contribution in [2.75, 3.05) is 6.54 Å². The van der Waals surface area contributed by atoms with E-state index >= 15 is 0 Å². The summed E-state index contributed by atoms with van der Waals surface area (Å²) in [7, 11) is 0. The van der Waals surface area contributed by atoms with Crippen LogP contribution in [0.25, 0.3) is 0 Å². The van der Waals surface area contributed by atoms with Crippen molar-refractivity contribution in [1.82, 2.24) is 10.3 Å². The summed E-state index contributed by atoms with van der Waals surface area (Å²) in [6.07, 6.45) is 8.51. The van der Waals surface area contributed by atoms with E-state index in [4.69, 9.17) is 0 Å². The Labute approximate surface area is 89.8 Å². The molecule has 1 aliphatic rings. The largest absolute Gasteiger partial charge is 0.306 e. The number of thiazole rings is 1. The minimum atomic E-state index is 0.209. The smallest absolute Gasteiger partial charge is 0.113 e. The molecule has 14 heavy (non-hydrogen) atoms. The second-order valence-corrected chi connectivity index (χ2v) is 4.90. The second-order valence-electron chi connectivity index (χ2n) is 4.01. The summed E-state index contributed by atoms with van der Waals surface area (Å²) >= 11 is 1.79. The summed E-state index contributed by atoms with van der Waals surface area (Å²) in [5.74, 6) is 0. The van der Waals surface area contributed by atoms with Crippen LogP contribution in [0.3, 0.4) is 0 Å². The Bertz CT molecular complexity index is 257. The molecule has 2 rings (SSSR count). The van der Waals surface area contributed by atoms with Gasteiger partial charge in [0.1, 0.15) is 5.01 Å². The summed E-state index contributed by atoms with van der Waals surface area (Å²) in [4.78, 5) is 4.49. The molecule has 1 N–H and O–H groups in total. The lowest BCUT2D eigenvalue weighted by Crippen LogP contribution is -2.43. The minimum Gasteiger partial charge on any atom is -0.306 e. The van der Waals surface area contributed by atoms with Crippen LogP contribution in [0.4, 0.5) is 0 Å². The maximum absolute atomic E-state index is 4.49. The van der Waals surface area contributed by atoms with Crippen molar-refractivity contribution in [3.63, 3.8) is 0 Å². The fourth-order valence-corrected chi connectivity index (χ4v) is 3.29. The van der Waals surface area contributed by atoms with E-state index in [1.54, 1.807) is 11.3 Å². The van der Waals surface area contributed by atoms with E-state index in [0.29, 0.717) is 0 Å². The molecule has 0 saturated heterocycles. The van der Waals surface area contributed by atoms with E-state index in [2.05, 4.69) is 22.6 Å². The van der Waals surface area contributed by atoms with Gasteiger partial charge in [0.05, 0.1) is 5.54 Å². The Kier molecular flexibility index (Phi) is 3.19. The molecule has 0 atom stereocenters. The summed E-state index contributed by atoms with van der Waals surface area (Å²) < 4.78 is 0. The maximum Gasteiger partial charge on any atom is 0.113 e. The number of hydrogen-bond donors (Lipinski definition) is 1. The van der Waals surface area contributed by atoms with Crippen LogP contribution in [0, 0.1) is 0 Å². The van der Waals surface area contributed by atoms with Gasteiger partial charge in [-0.1, -0.05) is 26.2 Å². The van der Waals surface area contributed by atoms with Gasteiger partial charge in [0.2, 0.25) is 0 Å². The van der Waals surface area contributed by atoms with Crippen LogP contribution in [-0.4, -0.2) is 11.5 Å². The first-order valence-corrected chi connectivity index (χ1v) is 6.40. The van der Waals surface area contributed by atoms with Gasteiger partial charge in [0.25, 0.3) is 0 Å². The summed E-state index contributed by atoms with van der Waals surface area (Å²) in [6, 6.07) is 0. The van der Waals surface area contributed by atoms with Crippen LogP contribution in [0.1, 0.15) is 44.0 Å². The molecule has 1 aromatic heterocycles. The van der Waals surface area contributed by atoms with Crippen molar-refractivity contribution in [2.24, 2.45) is 0 Å². The van der Waals surface area contributed by atoms with Crippen LogP contribution in [0.15, 0.2) is 11.6 Å². The molecule has 1 aromatic rings. The van der Waals surface area contributed by atoms with Gasteiger partial charge in [0, 0.05) is 11.6 Å². The third kappa shape index (κ3) is 1.84. The number of hydrogen-bond acceptors (Lipinski definition) is 3. The lowest BCUT2D eigenvalue weighted by Gasteiger charge is -2.36. The average molecular weight is 210 g/mol.